The number of ether oxygens (including phenoxy) is 13. The summed E-state index contributed by atoms with van der Waals surface area (Å²) in [7, 11) is 0. The Kier molecular flexibility index (Phi) is 26.1. The molecule has 0 spiro atoms. The van der Waals surface area contributed by atoms with Crippen molar-refractivity contribution in [3.05, 3.63) is 35.9 Å². The Morgan fingerprint density at radius 2 is 0.472 bits per heavy atom. The van der Waals surface area contributed by atoms with Crippen LogP contribution in [0.25, 0.3) is 0 Å². The summed E-state index contributed by atoms with van der Waals surface area (Å²) in [6, 6.07) is 8.69. The van der Waals surface area contributed by atoms with E-state index in [2.05, 4.69) is 0 Å². The third kappa shape index (κ3) is 22.0. The van der Waals surface area contributed by atoms with E-state index in [1.807, 2.05) is 0 Å². The molecule has 0 radical (unpaired) electrons. The Bertz CT molecular complexity index is 2120. The standard InChI is InChI=1S/C46H60O26/c1-14-34(47)61-22(3)36(49)63-24(5)38(51)65-26(7)40(53)67-28(9)42(55)69-30(11)44(57)71-32(13)46(59)72-31(12)45(58)70-29(10)43(56)68-27(8)41(54)66-25(6)39(52)64-23(4)37(50)62-21(2)35(48)60-20-33-18-16-15-17-19-33/h15-19,21-32H,14,20H2,1-13H3/t21-,22-,23-,24-,25-,26-,27-,28-,29-,30-,31-,32-/m0/s1. The van der Waals surface area contributed by atoms with Gasteiger partial charge in [0, 0.05) is 6.42 Å². The van der Waals surface area contributed by atoms with E-state index in [4.69, 9.17) is 61.6 Å². The number of hydrogen-bond acceptors (Lipinski definition) is 26. The smallest absolute Gasteiger partial charge is 0.347 e. The Morgan fingerprint density at radius 3 is 0.667 bits per heavy atom. The van der Waals surface area contributed by atoms with Crippen LogP contribution < -0.4 is 0 Å². The molecule has 26 nitrogen and oxygen atoms in total. The lowest BCUT2D eigenvalue weighted by Gasteiger charge is -2.21. The second-order valence-corrected chi connectivity index (χ2v) is 15.4. The first-order chi connectivity index (χ1) is 33.5. The molecule has 26 heteroatoms. The van der Waals surface area contributed by atoms with Crippen LogP contribution >= 0.6 is 0 Å². The molecule has 0 bridgehead atoms. The van der Waals surface area contributed by atoms with Gasteiger partial charge in [-0.1, -0.05) is 37.3 Å². The van der Waals surface area contributed by atoms with Crippen molar-refractivity contribution in [2.45, 2.75) is 176 Å². The van der Waals surface area contributed by atoms with Gasteiger partial charge < -0.3 is 61.6 Å². The SMILES string of the molecule is CCC(=O)O[C@@H](C)C(=O)O[C@@H](C)C(=O)O[C@@H](C)C(=O)O[C@@H](C)C(=O)O[C@@H](C)C(=O)O[C@@H](C)C(=O)O[C@@H](C)C(=O)O[C@@H](C)C(=O)O[C@@H](C)C(=O)O[C@@H](C)C(=O)O[C@@H](C)C(=O)O[C@@H](C)C(=O)OCc1ccccc1. The van der Waals surface area contributed by atoms with Crippen molar-refractivity contribution >= 4 is 77.6 Å². The molecule has 0 aliphatic rings. The minimum absolute atomic E-state index is 0.0130. The van der Waals surface area contributed by atoms with Gasteiger partial charge >= 0.3 is 77.6 Å². The van der Waals surface area contributed by atoms with E-state index in [0.717, 1.165) is 69.2 Å². The van der Waals surface area contributed by atoms with E-state index >= 15 is 0 Å². The molecule has 400 valence electrons. The van der Waals surface area contributed by atoms with Gasteiger partial charge in [-0.05, 0) is 88.6 Å². The normalized spacial score (nSPS) is 15.7. The minimum Gasteiger partial charge on any atom is -0.458 e. The lowest BCUT2D eigenvalue weighted by Crippen LogP contribution is -2.40. The fourth-order valence-corrected chi connectivity index (χ4v) is 4.67. The van der Waals surface area contributed by atoms with Gasteiger partial charge in [0.05, 0.1) is 0 Å². The summed E-state index contributed by atoms with van der Waals surface area (Å²) in [5.74, 6) is -15.1. The van der Waals surface area contributed by atoms with Gasteiger partial charge in [-0.3, -0.25) is 4.79 Å². The second-order valence-electron chi connectivity index (χ2n) is 15.4. The zero-order chi connectivity index (χ0) is 55.2. The van der Waals surface area contributed by atoms with Gasteiger partial charge in [-0.2, -0.15) is 0 Å². The highest BCUT2D eigenvalue weighted by Crippen LogP contribution is 2.13. The van der Waals surface area contributed by atoms with Crippen molar-refractivity contribution in [2.24, 2.45) is 0 Å². The molecule has 0 heterocycles. The largest absolute Gasteiger partial charge is 0.458 e. The van der Waals surface area contributed by atoms with Gasteiger partial charge in [0.15, 0.2) is 73.2 Å². The molecule has 0 aliphatic heterocycles. The summed E-state index contributed by atoms with van der Waals surface area (Å²) >= 11 is 0. The minimum atomic E-state index is -1.72. The maximum atomic E-state index is 12.6. The maximum Gasteiger partial charge on any atom is 0.347 e. The Morgan fingerprint density at radius 1 is 0.292 bits per heavy atom. The van der Waals surface area contributed by atoms with Crippen LogP contribution in [0.15, 0.2) is 30.3 Å². The number of rotatable bonds is 27. The Hall–Kier alpha value is -7.67. The molecular formula is C46H60O26. The number of esters is 13. The van der Waals surface area contributed by atoms with Gasteiger partial charge in [0.25, 0.3) is 0 Å². The highest BCUT2D eigenvalue weighted by molar-refractivity contribution is 5.89. The predicted octanol–water partition coefficient (Wildman–Crippen LogP) is 1.32. The van der Waals surface area contributed by atoms with Crippen molar-refractivity contribution in [1.29, 1.82) is 0 Å². The lowest BCUT2D eigenvalue weighted by atomic mass is 10.2. The molecule has 0 saturated carbocycles. The highest BCUT2D eigenvalue weighted by atomic mass is 16.7. The molecule has 12 atom stereocenters. The molecule has 1 aromatic rings. The number of benzene rings is 1. The van der Waals surface area contributed by atoms with Crippen LogP contribution in [0.2, 0.25) is 0 Å². The highest BCUT2D eigenvalue weighted by Gasteiger charge is 2.35. The first kappa shape index (κ1) is 62.3. The Labute approximate surface area is 413 Å². The van der Waals surface area contributed by atoms with E-state index in [0.29, 0.717) is 5.56 Å². The third-order valence-corrected chi connectivity index (χ3v) is 9.03. The van der Waals surface area contributed by atoms with E-state index in [-0.39, 0.29) is 13.0 Å². The van der Waals surface area contributed by atoms with Crippen molar-refractivity contribution in [3.8, 4) is 0 Å². The first-order valence-corrected chi connectivity index (χ1v) is 22.1. The predicted molar refractivity (Wildman–Crippen MR) is 233 cm³/mol. The van der Waals surface area contributed by atoms with Crippen LogP contribution in [0.3, 0.4) is 0 Å². The summed E-state index contributed by atoms with van der Waals surface area (Å²) in [5, 5.41) is 0. The summed E-state index contributed by atoms with van der Waals surface area (Å²) in [6.07, 6.45) is -19.3. The summed E-state index contributed by atoms with van der Waals surface area (Å²) in [5.41, 5.74) is 0.692. The van der Waals surface area contributed by atoms with Gasteiger partial charge in [-0.15, -0.1) is 0 Å². The first-order valence-electron chi connectivity index (χ1n) is 22.1. The molecule has 1 aromatic carbocycles. The topological polar surface area (TPSA) is 342 Å². The lowest BCUT2D eigenvalue weighted by molar-refractivity contribution is -0.190. The third-order valence-electron chi connectivity index (χ3n) is 9.03. The molecule has 1 rings (SSSR count). The van der Waals surface area contributed by atoms with Crippen LogP contribution in [0.5, 0.6) is 0 Å². The summed E-state index contributed by atoms with van der Waals surface area (Å²) in [6.45, 7) is 14.6. The monoisotopic (exact) mass is 1030 g/mol. The fraction of sp³-hybridized carbons (Fsp3) is 0.587. The molecule has 72 heavy (non-hydrogen) atoms. The number of hydrogen-bond donors (Lipinski definition) is 0. The molecule has 0 saturated heterocycles. The molecule has 0 unspecified atom stereocenters. The summed E-state index contributed by atoms with van der Waals surface area (Å²) < 4.78 is 64.2. The fourth-order valence-electron chi connectivity index (χ4n) is 4.67. The molecule has 0 aromatic heterocycles. The van der Waals surface area contributed by atoms with Gasteiger partial charge in [0.2, 0.25) is 0 Å². The van der Waals surface area contributed by atoms with Crippen LogP contribution in [-0.4, -0.2) is 151 Å². The van der Waals surface area contributed by atoms with E-state index in [1.165, 1.54) is 20.8 Å². The molecule has 0 N–H and O–H groups in total. The van der Waals surface area contributed by atoms with E-state index in [1.54, 1.807) is 30.3 Å². The molecule has 0 aliphatic carbocycles. The van der Waals surface area contributed by atoms with Crippen molar-refractivity contribution in [3.63, 3.8) is 0 Å². The zero-order valence-corrected chi connectivity index (χ0v) is 41.8. The van der Waals surface area contributed by atoms with Crippen LogP contribution in [0.4, 0.5) is 0 Å². The van der Waals surface area contributed by atoms with Crippen molar-refractivity contribution in [1.82, 2.24) is 0 Å². The van der Waals surface area contributed by atoms with Crippen LogP contribution in [0.1, 0.15) is 102 Å². The number of carbonyl (C=O) groups is 13. The van der Waals surface area contributed by atoms with Crippen LogP contribution in [-0.2, 0) is 131 Å². The maximum absolute atomic E-state index is 12.6. The molecular weight excluding hydrogens is 968 g/mol. The van der Waals surface area contributed by atoms with E-state index in [9.17, 15) is 62.3 Å². The van der Waals surface area contributed by atoms with E-state index < -0.39 is 151 Å². The van der Waals surface area contributed by atoms with Gasteiger partial charge in [0.1, 0.15) is 6.61 Å². The van der Waals surface area contributed by atoms with Crippen molar-refractivity contribution < 1.29 is 124 Å². The molecule has 0 fully saturated rings. The Balaban J connectivity index is 2.54. The second kappa shape index (κ2) is 30.2. The average Bonchev–Trinajstić information content (AvgIpc) is 3.32. The molecule has 0 amide bonds. The average molecular weight is 1030 g/mol. The quantitative estimate of drug-likeness (QED) is 0.0886. The summed E-state index contributed by atoms with van der Waals surface area (Å²) in [4.78, 5) is 161. The number of carbonyl (C=O) groups excluding carboxylic acids is 13. The van der Waals surface area contributed by atoms with Crippen LogP contribution in [0, 0.1) is 0 Å². The zero-order valence-electron chi connectivity index (χ0n) is 41.8. The van der Waals surface area contributed by atoms with Gasteiger partial charge in [-0.25, -0.2) is 57.5 Å². The van der Waals surface area contributed by atoms with Crippen molar-refractivity contribution in [2.75, 3.05) is 0 Å².